The van der Waals surface area contributed by atoms with Gasteiger partial charge in [-0.3, -0.25) is 0 Å². The van der Waals surface area contributed by atoms with Crippen molar-refractivity contribution in [2.75, 3.05) is 0 Å². The summed E-state index contributed by atoms with van der Waals surface area (Å²) >= 11 is 0. The van der Waals surface area contributed by atoms with Crippen LogP contribution in [0.5, 0.6) is 5.88 Å². The van der Waals surface area contributed by atoms with Crippen LogP contribution in [0.3, 0.4) is 0 Å². The van der Waals surface area contributed by atoms with Crippen LogP contribution in [0.1, 0.15) is 51.9 Å². The van der Waals surface area contributed by atoms with Crippen molar-refractivity contribution in [2.45, 2.75) is 32.0 Å². The van der Waals surface area contributed by atoms with Gasteiger partial charge in [-0.1, -0.05) is 0 Å². The maximum absolute atomic E-state index is 14.3. The number of nitrogens with two attached hydrogens (primary N) is 1. The third-order valence-electron chi connectivity index (χ3n) is 5.77. The Morgan fingerprint density at radius 2 is 1.57 bits per heavy atom. The van der Waals surface area contributed by atoms with Gasteiger partial charge < -0.3 is 9.57 Å². The van der Waals surface area contributed by atoms with Gasteiger partial charge in [0.1, 0.15) is 29.9 Å². The quantitative estimate of drug-likeness (QED) is 0.299. The summed E-state index contributed by atoms with van der Waals surface area (Å²) in [6.45, 7) is -0.793. The summed E-state index contributed by atoms with van der Waals surface area (Å²) in [6, 6.07) is 4.92. The van der Waals surface area contributed by atoms with E-state index in [1.807, 2.05) is 0 Å². The smallest absolute Gasteiger partial charge is 0.417 e. The topological polar surface area (TPSA) is 74.4 Å². The molecule has 1 aromatic heterocycles. The van der Waals surface area contributed by atoms with Crippen LogP contribution >= 0.6 is 0 Å². The summed E-state index contributed by atoms with van der Waals surface area (Å²) in [5.41, 5.74) is -1.17. The number of rotatable bonds is 6. The van der Waals surface area contributed by atoms with Crippen LogP contribution in [-0.4, -0.2) is 11.0 Å². The molecular formula is C25H17F7N2O3. The molecule has 0 saturated heterocycles. The summed E-state index contributed by atoms with van der Waals surface area (Å²) in [7, 11) is 0. The van der Waals surface area contributed by atoms with E-state index in [0.29, 0.717) is 42.3 Å². The first-order valence-electron chi connectivity index (χ1n) is 10.8. The molecule has 194 valence electrons. The molecule has 1 aliphatic carbocycles. The van der Waals surface area contributed by atoms with E-state index in [4.69, 9.17) is 10.6 Å². The second-order valence-corrected chi connectivity index (χ2v) is 8.16. The molecule has 0 saturated carbocycles. The number of benzene rings is 2. The number of hydrogen-bond donors (Lipinski definition) is 1. The number of allylic oxidation sites excluding steroid dienone is 2. The Morgan fingerprint density at radius 3 is 2.22 bits per heavy atom. The van der Waals surface area contributed by atoms with E-state index in [2.05, 4.69) is 9.82 Å². The van der Waals surface area contributed by atoms with Gasteiger partial charge in [0.25, 0.3) is 0 Å². The number of ether oxygens (including phenoxy) is 1. The van der Waals surface area contributed by atoms with E-state index in [0.717, 1.165) is 18.2 Å². The van der Waals surface area contributed by atoms with Gasteiger partial charge in [0.15, 0.2) is 0 Å². The molecule has 2 aromatic carbocycles. The van der Waals surface area contributed by atoms with Crippen molar-refractivity contribution >= 4 is 17.1 Å². The lowest BCUT2D eigenvalue weighted by molar-refractivity contribution is -0.137. The molecule has 0 aliphatic heterocycles. The van der Waals surface area contributed by atoms with Crippen LogP contribution in [0.4, 0.5) is 30.7 Å². The summed E-state index contributed by atoms with van der Waals surface area (Å²) < 4.78 is 102. The van der Waals surface area contributed by atoms with Gasteiger partial charge >= 0.3 is 12.1 Å². The molecule has 1 aliphatic rings. The third-order valence-corrected chi connectivity index (χ3v) is 5.77. The van der Waals surface area contributed by atoms with Gasteiger partial charge in [-0.05, 0) is 60.2 Å². The molecule has 12 heteroatoms. The van der Waals surface area contributed by atoms with E-state index >= 15 is 0 Å². The highest BCUT2D eigenvalue weighted by atomic mass is 19.4. The Kier molecular flexibility index (Phi) is 7.21. The lowest BCUT2D eigenvalue weighted by atomic mass is 9.95. The van der Waals surface area contributed by atoms with Crippen LogP contribution < -0.4 is 10.6 Å². The monoisotopic (exact) mass is 526 g/mol. The fourth-order valence-corrected chi connectivity index (χ4v) is 4.10. The molecule has 2 N–H and O–H groups in total. The maximum Gasteiger partial charge on any atom is 0.417 e. The number of aromatic nitrogens is 1. The van der Waals surface area contributed by atoms with Gasteiger partial charge in [0.05, 0.1) is 16.7 Å². The minimum absolute atomic E-state index is 0.127. The van der Waals surface area contributed by atoms with Crippen molar-refractivity contribution < 1.29 is 45.1 Å². The fourth-order valence-electron chi connectivity index (χ4n) is 4.10. The molecule has 0 spiro atoms. The van der Waals surface area contributed by atoms with Crippen molar-refractivity contribution in [2.24, 2.45) is 5.90 Å². The van der Waals surface area contributed by atoms with Crippen LogP contribution in [0.15, 0.2) is 42.6 Å². The van der Waals surface area contributed by atoms with Crippen LogP contribution in [0.25, 0.3) is 11.1 Å². The molecular weight excluding hydrogens is 509 g/mol. The molecule has 3 aromatic rings. The van der Waals surface area contributed by atoms with Gasteiger partial charge in [0, 0.05) is 23.9 Å². The lowest BCUT2D eigenvalue weighted by Gasteiger charge is -2.17. The standard InChI is InChI=1S/C25H17F7N2O3/c26-15-5-12(4-13(6-15)24(35)37-33)17-2-1-3-18(17)19-7-14(25(30,31)32)10-34-23(19)36-11-20-21(28)8-16(27)9-22(20)29/h4-10H,1-3,11,33H2. The van der Waals surface area contributed by atoms with Gasteiger partial charge in [-0.2, -0.15) is 19.1 Å². The average molecular weight is 526 g/mol. The number of hydrogen-bond acceptors (Lipinski definition) is 5. The molecule has 0 bridgehead atoms. The van der Waals surface area contributed by atoms with Crippen molar-refractivity contribution in [1.82, 2.24) is 4.98 Å². The van der Waals surface area contributed by atoms with E-state index in [1.54, 1.807) is 0 Å². The zero-order valence-corrected chi connectivity index (χ0v) is 18.8. The first-order chi connectivity index (χ1) is 17.5. The molecule has 0 atom stereocenters. The Labute approximate surface area is 205 Å². The molecule has 0 amide bonds. The minimum Gasteiger partial charge on any atom is -0.472 e. The van der Waals surface area contributed by atoms with Crippen molar-refractivity contribution in [3.05, 3.63) is 93.7 Å². The summed E-state index contributed by atoms with van der Waals surface area (Å²) in [5.74, 6) is -0.966. The Hall–Kier alpha value is -3.93. The number of carbonyl (C=O) groups is 1. The second kappa shape index (κ2) is 10.2. The second-order valence-electron chi connectivity index (χ2n) is 8.16. The molecule has 0 unspecified atom stereocenters. The van der Waals surface area contributed by atoms with E-state index in [9.17, 15) is 35.5 Å². The molecule has 0 fully saturated rings. The fraction of sp³-hybridized carbons (Fsp3) is 0.200. The molecule has 1 heterocycles. The molecule has 0 radical (unpaired) electrons. The van der Waals surface area contributed by atoms with Gasteiger partial charge in [-0.15, -0.1) is 0 Å². The Morgan fingerprint density at radius 1 is 0.919 bits per heavy atom. The van der Waals surface area contributed by atoms with E-state index in [-0.39, 0.29) is 29.0 Å². The summed E-state index contributed by atoms with van der Waals surface area (Å²) in [4.78, 5) is 19.7. The van der Waals surface area contributed by atoms with Crippen LogP contribution in [0.2, 0.25) is 0 Å². The Bertz CT molecular complexity index is 1380. The average Bonchev–Trinajstić information content (AvgIpc) is 3.31. The lowest BCUT2D eigenvalue weighted by Crippen LogP contribution is -2.11. The summed E-state index contributed by atoms with van der Waals surface area (Å²) in [5, 5.41) is 0. The zero-order valence-electron chi connectivity index (χ0n) is 18.8. The first-order valence-corrected chi connectivity index (χ1v) is 10.8. The normalized spacial score (nSPS) is 13.7. The van der Waals surface area contributed by atoms with Crippen LogP contribution in [-0.2, 0) is 17.6 Å². The van der Waals surface area contributed by atoms with Crippen LogP contribution in [0, 0.1) is 23.3 Å². The van der Waals surface area contributed by atoms with E-state index in [1.165, 1.54) is 6.07 Å². The highest BCUT2D eigenvalue weighted by molar-refractivity contribution is 5.96. The first kappa shape index (κ1) is 26.1. The number of carbonyl (C=O) groups excluding carboxylic acids is 1. The largest absolute Gasteiger partial charge is 0.472 e. The molecule has 4 rings (SSSR count). The van der Waals surface area contributed by atoms with Gasteiger partial charge in [-0.25, -0.2) is 27.3 Å². The predicted molar refractivity (Wildman–Crippen MR) is 117 cm³/mol. The minimum atomic E-state index is -4.77. The summed E-state index contributed by atoms with van der Waals surface area (Å²) in [6.07, 6.45) is -3.25. The number of pyridine rings is 1. The molecule has 37 heavy (non-hydrogen) atoms. The van der Waals surface area contributed by atoms with Crippen molar-refractivity contribution in [3.8, 4) is 5.88 Å². The SMILES string of the molecule is NOC(=O)c1cc(F)cc(C2=C(c3cc(C(F)(F)F)cnc3OCc3c(F)cc(F)cc3F)CCC2)c1. The van der Waals surface area contributed by atoms with Crippen molar-refractivity contribution in [3.63, 3.8) is 0 Å². The number of halogens is 7. The highest BCUT2D eigenvalue weighted by Crippen LogP contribution is 2.44. The van der Waals surface area contributed by atoms with E-state index < -0.39 is 53.1 Å². The highest BCUT2D eigenvalue weighted by Gasteiger charge is 2.33. The van der Waals surface area contributed by atoms with Crippen molar-refractivity contribution in [1.29, 1.82) is 0 Å². The number of alkyl halides is 3. The molecule has 5 nitrogen and oxygen atoms in total. The maximum atomic E-state index is 14.3. The zero-order chi connectivity index (χ0) is 26.9. The third kappa shape index (κ3) is 5.58. The number of nitrogens with zero attached hydrogens (tertiary/aromatic N) is 1. The Balaban J connectivity index is 1.82. The predicted octanol–water partition coefficient (Wildman–Crippen LogP) is 6.36. The van der Waals surface area contributed by atoms with Gasteiger partial charge in [0.2, 0.25) is 5.88 Å².